The van der Waals surface area contributed by atoms with Crippen LogP contribution in [0.1, 0.15) is 19.3 Å². The van der Waals surface area contributed by atoms with Gasteiger partial charge in [0.1, 0.15) is 4.90 Å². The standard InChI is InChI=1S/C9H14N4O3S/c1-13-5-7(17(10,15)16)8(12-13)11-9(14)6-3-2-4-6/h5-6H,2-4H2,1H3,(H2,10,15,16)(H,11,12,14). The van der Waals surface area contributed by atoms with Crippen LogP contribution >= 0.6 is 0 Å². The first kappa shape index (κ1) is 12.1. The van der Waals surface area contributed by atoms with Crippen LogP contribution in [0.3, 0.4) is 0 Å². The smallest absolute Gasteiger partial charge is 0.243 e. The van der Waals surface area contributed by atoms with E-state index in [0.717, 1.165) is 19.3 Å². The quantitative estimate of drug-likeness (QED) is 0.783. The van der Waals surface area contributed by atoms with Gasteiger partial charge in [0.05, 0.1) is 0 Å². The molecule has 0 aliphatic heterocycles. The maximum absolute atomic E-state index is 11.7. The molecule has 7 nitrogen and oxygen atoms in total. The van der Waals surface area contributed by atoms with Crippen molar-refractivity contribution in [1.82, 2.24) is 9.78 Å². The molecule has 0 atom stereocenters. The number of primary sulfonamides is 1. The molecule has 17 heavy (non-hydrogen) atoms. The molecule has 1 aliphatic carbocycles. The third-order valence-electron chi connectivity index (χ3n) is 2.82. The Hall–Kier alpha value is -1.41. The predicted molar refractivity (Wildman–Crippen MR) is 60.6 cm³/mol. The number of amides is 1. The van der Waals surface area contributed by atoms with Crippen molar-refractivity contribution >= 4 is 21.7 Å². The van der Waals surface area contributed by atoms with Gasteiger partial charge >= 0.3 is 0 Å². The van der Waals surface area contributed by atoms with Crippen LogP contribution in [0, 0.1) is 5.92 Å². The highest BCUT2D eigenvalue weighted by Crippen LogP contribution is 2.28. The summed E-state index contributed by atoms with van der Waals surface area (Å²) in [5, 5.41) is 11.4. The van der Waals surface area contributed by atoms with E-state index in [2.05, 4.69) is 10.4 Å². The van der Waals surface area contributed by atoms with Crippen LogP contribution in [0.5, 0.6) is 0 Å². The number of rotatable bonds is 3. The van der Waals surface area contributed by atoms with Gasteiger partial charge in [-0.15, -0.1) is 0 Å². The van der Waals surface area contributed by atoms with Crippen molar-refractivity contribution in [3.05, 3.63) is 6.20 Å². The summed E-state index contributed by atoms with van der Waals surface area (Å²) in [6, 6.07) is 0. The fourth-order valence-corrected chi connectivity index (χ4v) is 2.31. The first-order valence-corrected chi connectivity index (χ1v) is 6.80. The van der Waals surface area contributed by atoms with Gasteiger partial charge < -0.3 is 5.32 Å². The van der Waals surface area contributed by atoms with Gasteiger partial charge in [0.25, 0.3) is 0 Å². The van der Waals surface area contributed by atoms with E-state index in [1.807, 2.05) is 0 Å². The predicted octanol–water partition coefficient (Wildman–Crippen LogP) is -0.194. The van der Waals surface area contributed by atoms with Crippen LogP contribution in [-0.2, 0) is 21.9 Å². The monoisotopic (exact) mass is 258 g/mol. The minimum absolute atomic E-state index is 0.00639. The van der Waals surface area contributed by atoms with E-state index in [1.165, 1.54) is 10.9 Å². The number of anilines is 1. The molecule has 1 amide bonds. The zero-order valence-corrected chi connectivity index (χ0v) is 10.2. The van der Waals surface area contributed by atoms with E-state index in [1.54, 1.807) is 7.05 Å². The molecule has 1 heterocycles. The molecule has 0 spiro atoms. The van der Waals surface area contributed by atoms with Gasteiger partial charge in [0.15, 0.2) is 5.82 Å². The van der Waals surface area contributed by atoms with E-state index in [9.17, 15) is 13.2 Å². The summed E-state index contributed by atoms with van der Waals surface area (Å²) in [4.78, 5) is 11.5. The third kappa shape index (κ3) is 2.47. The van der Waals surface area contributed by atoms with Crippen molar-refractivity contribution in [2.75, 3.05) is 5.32 Å². The second-order valence-corrected chi connectivity index (χ2v) is 5.71. The Balaban J connectivity index is 2.23. The van der Waals surface area contributed by atoms with Crippen LogP contribution in [0.2, 0.25) is 0 Å². The van der Waals surface area contributed by atoms with Gasteiger partial charge in [0, 0.05) is 19.2 Å². The lowest BCUT2D eigenvalue weighted by Gasteiger charge is -2.23. The van der Waals surface area contributed by atoms with Crippen LogP contribution < -0.4 is 10.5 Å². The lowest BCUT2D eigenvalue weighted by molar-refractivity contribution is -0.122. The van der Waals surface area contributed by atoms with Crippen LogP contribution in [0.4, 0.5) is 5.82 Å². The molecular weight excluding hydrogens is 244 g/mol. The molecular formula is C9H14N4O3S. The zero-order chi connectivity index (χ0) is 12.6. The van der Waals surface area contributed by atoms with E-state index >= 15 is 0 Å². The zero-order valence-electron chi connectivity index (χ0n) is 9.38. The van der Waals surface area contributed by atoms with Crippen LogP contribution in [0.15, 0.2) is 11.1 Å². The average Bonchev–Trinajstić information content (AvgIpc) is 2.42. The fourth-order valence-electron chi connectivity index (χ4n) is 1.65. The summed E-state index contributed by atoms with van der Waals surface area (Å²) in [5.41, 5.74) is 0. The number of nitrogens with zero attached hydrogens (tertiary/aromatic N) is 2. The Morgan fingerprint density at radius 2 is 2.24 bits per heavy atom. The van der Waals surface area contributed by atoms with Crippen molar-refractivity contribution < 1.29 is 13.2 Å². The summed E-state index contributed by atoms with van der Waals surface area (Å²) >= 11 is 0. The van der Waals surface area contributed by atoms with Crippen molar-refractivity contribution in [2.45, 2.75) is 24.2 Å². The number of hydrogen-bond acceptors (Lipinski definition) is 4. The van der Waals surface area contributed by atoms with Gasteiger partial charge in [-0.1, -0.05) is 6.42 Å². The number of sulfonamides is 1. The molecule has 3 N–H and O–H groups in total. The van der Waals surface area contributed by atoms with Gasteiger partial charge in [-0.3, -0.25) is 9.48 Å². The number of hydrogen-bond donors (Lipinski definition) is 2. The van der Waals surface area contributed by atoms with Gasteiger partial charge in [0.2, 0.25) is 15.9 Å². The largest absolute Gasteiger partial charge is 0.308 e. The molecule has 0 aromatic carbocycles. The molecule has 1 fully saturated rings. The first-order chi connectivity index (χ1) is 7.88. The van der Waals surface area contributed by atoms with E-state index < -0.39 is 10.0 Å². The maximum Gasteiger partial charge on any atom is 0.243 e. The maximum atomic E-state index is 11.7. The highest BCUT2D eigenvalue weighted by Gasteiger charge is 2.27. The summed E-state index contributed by atoms with van der Waals surface area (Å²) in [7, 11) is -2.31. The topological polar surface area (TPSA) is 107 Å². The minimum Gasteiger partial charge on any atom is -0.308 e. The Bertz CT molecular complexity index is 545. The molecule has 0 unspecified atom stereocenters. The summed E-state index contributed by atoms with van der Waals surface area (Å²) in [6.07, 6.45) is 3.97. The van der Waals surface area contributed by atoms with E-state index in [-0.39, 0.29) is 22.5 Å². The van der Waals surface area contributed by atoms with Crippen molar-refractivity contribution in [3.8, 4) is 0 Å². The molecule has 0 radical (unpaired) electrons. The van der Waals surface area contributed by atoms with E-state index in [4.69, 9.17) is 5.14 Å². The Labute approximate surface area is 99.0 Å². The second kappa shape index (κ2) is 4.11. The number of nitrogens with one attached hydrogen (secondary N) is 1. The van der Waals surface area contributed by atoms with Crippen LogP contribution in [-0.4, -0.2) is 24.1 Å². The van der Waals surface area contributed by atoms with Crippen LogP contribution in [0.25, 0.3) is 0 Å². The fraction of sp³-hybridized carbons (Fsp3) is 0.556. The first-order valence-electron chi connectivity index (χ1n) is 5.25. The molecule has 1 saturated carbocycles. The molecule has 94 valence electrons. The normalized spacial score (nSPS) is 16.6. The highest BCUT2D eigenvalue weighted by molar-refractivity contribution is 7.89. The van der Waals surface area contributed by atoms with Gasteiger partial charge in [-0.2, -0.15) is 5.10 Å². The number of carbonyl (C=O) groups excluding carboxylic acids is 1. The Morgan fingerprint density at radius 1 is 1.59 bits per heavy atom. The van der Waals surface area contributed by atoms with Crippen molar-refractivity contribution in [1.29, 1.82) is 0 Å². The highest BCUT2D eigenvalue weighted by atomic mass is 32.2. The van der Waals surface area contributed by atoms with Gasteiger partial charge in [-0.25, -0.2) is 13.6 Å². The summed E-state index contributed by atoms with van der Waals surface area (Å²) < 4.78 is 23.9. The summed E-state index contributed by atoms with van der Waals surface area (Å²) in [5.74, 6) is -0.225. The minimum atomic E-state index is -3.87. The Morgan fingerprint density at radius 3 is 2.71 bits per heavy atom. The number of aryl methyl sites for hydroxylation is 1. The number of nitrogens with two attached hydrogens (primary N) is 1. The number of aromatic nitrogens is 2. The second-order valence-electron chi connectivity index (χ2n) is 4.18. The third-order valence-corrected chi connectivity index (χ3v) is 3.73. The van der Waals surface area contributed by atoms with Crippen molar-refractivity contribution in [3.63, 3.8) is 0 Å². The Kier molecular flexibility index (Phi) is 2.92. The van der Waals surface area contributed by atoms with Crippen molar-refractivity contribution in [2.24, 2.45) is 18.1 Å². The van der Waals surface area contributed by atoms with E-state index in [0.29, 0.717) is 0 Å². The van der Waals surface area contributed by atoms with Gasteiger partial charge in [-0.05, 0) is 12.8 Å². The molecule has 1 aromatic heterocycles. The lowest BCUT2D eigenvalue weighted by Crippen LogP contribution is -2.29. The lowest BCUT2D eigenvalue weighted by atomic mass is 9.85. The molecule has 8 heteroatoms. The number of carbonyl (C=O) groups is 1. The molecule has 0 saturated heterocycles. The molecule has 1 aromatic rings. The molecule has 0 bridgehead atoms. The molecule has 2 rings (SSSR count). The SMILES string of the molecule is Cn1cc(S(N)(=O)=O)c(NC(=O)C2CCC2)n1. The average molecular weight is 258 g/mol. The molecule has 1 aliphatic rings. The summed E-state index contributed by atoms with van der Waals surface area (Å²) in [6.45, 7) is 0.